The Hall–Kier alpha value is -1.20. The summed E-state index contributed by atoms with van der Waals surface area (Å²) in [6.45, 7) is 0. The first-order valence-corrected chi connectivity index (χ1v) is 7.42. The monoisotopic (exact) mass is 342 g/mol. The second-order valence-corrected chi connectivity index (χ2v) is 6.18. The summed E-state index contributed by atoms with van der Waals surface area (Å²) in [6, 6.07) is 8.22. The highest BCUT2D eigenvalue weighted by Crippen LogP contribution is 2.24. The number of carboxylic acid groups (broad SMARTS) is 1. The molecule has 19 heavy (non-hydrogen) atoms. The average molecular weight is 343 g/mol. The largest absolute Gasteiger partial charge is 0.481 e. The summed E-state index contributed by atoms with van der Waals surface area (Å²) in [5.74, 6) is -1.85. The quantitative estimate of drug-likeness (QED) is 0.886. The predicted molar refractivity (Wildman–Crippen MR) is 77.0 cm³/mol. The Morgan fingerprint density at radius 1 is 1.37 bits per heavy atom. The van der Waals surface area contributed by atoms with Gasteiger partial charge in [-0.1, -0.05) is 18.2 Å². The lowest BCUT2D eigenvalue weighted by Gasteiger charge is -2.11. The Kier molecular flexibility index (Phi) is 4.71. The maximum absolute atomic E-state index is 13.6. The van der Waals surface area contributed by atoms with Gasteiger partial charge in [0.25, 0.3) is 0 Å². The van der Waals surface area contributed by atoms with Crippen molar-refractivity contribution >= 4 is 33.2 Å². The summed E-state index contributed by atoms with van der Waals surface area (Å²) in [7, 11) is 0. The van der Waals surface area contributed by atoms with Crippen molar-refractivity contribution in [2.45, 2.75) is 12.8 Å². The topological polar surface area (TPSA) is 37.3 Å². The number of rotatable bonds is 5. The number of hydrogen-bond donors (Lipinski definition) is 1. The van der Waals surface area contributed by atoms with Crippen LogP contribution in [-0.4, -0.2) is 11.1 Å². The molecule has 0 aliphatic carbocycles. The zero-order valence-electron chi connectivity index (χ0n) is 9.98. The van der Waals surface area contributed by atoms with Crippen LogP contribution in [0, 0.1) is 11.7 Å². The van der Waals surface area contributed by atoms with Gasteiger partial charge in [0, 0.05) is 14.7 Å². The van der Waals surface area contributed by atoms with Crippen molar-refractivity contribution in [3.8, 4) is 0 Å². The zero-order valence-corrected chi connectivity index (χ0v) is 12.4. The zero-order chi connectivity index (χ0) is 13.8. The molecule has 2 rings (SSSR count). The van der Waals surface area contributed by atoms with E-state index in [1.807, 2.05) is 11.4 Å². The Bertz CT molecular complexity index is 582. The third kappa shape index (κ3) is 3.88. The molecule has 0 aliphatic rings. The van der Waals surface area contributed by atoms with E-state index in [-0.39, 0.29) is 12.2 Å². The SMILES string of the molecule is O=C(O)C(Cc1cc(Br)cs1)Cc1ccccc1F. The molecule has 1 heterocycles. The molecule has 1 N–H and O–H groups in total. The van der Waals surface area contributed by atoms with Gasteiger partial charge in [-0.05, 0) is 46.5 Å². The van der Waals surface area contributed by atoms with Gasteiger partial charge in [-0.15, -0.1) is 11.3 Å². The molecule has 0 saturated heterocycles. The van der Waals surface area contributed by atoms with Crippen molar-refractivity contribution in [1.29, 1.82) is 0 Å². The van der Waals surface area contributed by atoms with E-state index < -0.39 is 11.9 Å². The van der Waals surface area contributed by atoms with Crippen LogP contribution in [0.5, 0.6) is 0 Å². The number of benzene rings is 1. The van der Waals surface area contributed by atoms with Crippen LogP contribution >= 0.6 is 27.3 Å². The number of carbonyl (C=O) groups is 1. The van der Waals surface area contributed by atoms with E-state index in [2.05, 4.69) is 15.9 Å². The Labute approximate surface area is 123 Å². The number of thiophene rings is 1. The molecule has 1 aromatic carbocycles. The van der Waals surface area contributed by atoms with E-state index in [0.717, 1.165) is 9.35 Å². The number of aliphatic carboxylic acids is 1. The lowest BCUT2D eigenvalue weighted by atomic mass is 9.95. The average Bonchev–Trinajstić information content (AvgIpc) is 2.76. The first-order chi connectivity index (χ1) is 9.06. The van der Waals surface area contributed by atoms with Gasteiger partial charge in [0.2, 0.25) is 0 Å². The van der Waals surface area contributed by atoms with Gasteiger partial charge < -0.3 is 5.11 Å². The van der Waals surface area contributed by atoms with E-state index in [0.29, 0.717) is 12.0 Å². The molecule has 0 saturated carbocycles. The van der Waals surface area contributed by atoms with Crippen LogP contribution in [0.2, 0.25) is 0 Å². The van der Waals surface area contributed by atoms with Crippen molar-refractivity contribution < 1.29 is 14.3 Å². The van der Waals surface area contributed by atoms with Crippen molar-refractivity contribution in [3.05, 3.63) is 56.4 Å². The van der Waals surface area contributed by atoms with Crippen LogP contribution in [0.4, 0.5) is 4.39 Å². The van der Waals surface area contributed by atoms with Crippen LogP contribution in [0.25, 0.3) is 0 Å². The number of halogens is 2. The third-order valence-corrected chi connectivity index (χ3v) is 4.56. The molecule has 0 radical (unpaired) electrons. The fraction of sp³-hybridized carbons (Fsp3) is 0.214. The smallest absolute Gasteiger partial charge is 0.307 e. The molecule has 0 amide bonds. The molecule has 5 heteroatoms. The lowest BCUT2D eigenvalue weighted by Crippen LogP contribution is -2.19. The fourth-order valence-corrected chi connectivity index (χ4v) is 3.41. The molecule has 0 bridgehead atoms. The number of carboxylic acids is 1. The highest BCUT2D eigenvalue weighted by molar-refractivity contribution is 9.10. The van der Waals surface area contributed by atoms with Crippen LogP contribution in [0.1, 0.15) is 10.4 Å². The molecular formula is C14H12BrFO2S. The van der Waals surface area contributed by atoms with E-state index in [1.54, 1.807) is 18.2 Å². The van der Waals surface area contributed by atoms with E-state index >= 15 is 0 Å². The summed E-state index contributed by atoms with van der Waals surface area (Å²) in [6.07, 6.45) is 0.622. The molecule has 1 atom stereocenters. The van der Waals surface area contributed by atoms with Crippen LogP contribution in [-0.2, 0) is 17.6 Å². The Balaban J connectivity index is 2.13. The maximum atomic E-state index is 13.6. The Morgan fingerprint density at radius 3 is 2.68 bits per heavy atom. The van der Waals surface area contributed by atoms with Gasteiger partial charge in [-0.25, -0.2) is 4.39 Å². The van der Waals surface area contributed by atoms with Gasteiger partial charge in [-0.2, -0.15) is 0 Å². The highest BCUT2D eigenvalue weighted by Gasteiger charge is 2.20. The van der Waals surface area contributed by atoms with Crippen molar-refractivity contribution in [2.24, 2.45) is 5.92 Å². The molecule has 0 fully saturated rings. The van der Waals surface area contributed by atoms with Crippen molar-refractivity contribution in [2.75, 3.05) is 0 Å². The van der Waals surface area contributed by atoms with Crippen molar-refractivity contribution in [3.63, 3.8) is 0 Å². The molecule has 0 aliphatic heterocycles. The minimum Gasteiger partial charge on any atom is -0.481 e. The molecule has 1 aromatic heterocycles. The van der Waals surface area contributed by atoms with E-state index in [1.165, 1.54) is 17.4 Å². The van der Waals surface area contributed by atoms with Gasteiger partial charge in [0.05, 0.1) is 5.92 Å². The predicted octanol–water partition coefficient (Wildman–Crippen LogP) is 4.14. The second-order valence-electron chi connectivity index (χ2n) is 4.27. The Morgan fingerprint density at radius 2 is 2.11 bits per heavy atom. The van der Waals surface area contributed by atoms with Crippen LogP contribution in [0.15, 0.2) is 40.2 Å². The van der Waals surface area contributed by atoms with Gasteiger partial charge in [0.1, 0.15) is 5.82 Å². The summed E-state index contributed by atoms with van der Waals surface area (Å²) in [5.41, 5.74) is 0.450. The van der Waals surface area contributed by atoms with Crippen LogP contribution in [0.3, 0.4) is 0 Å². The minimum atomic E-state index is -0.896. The molecule has 2 aromatic rings. The second kappa shape index (κ2) is 6.30. The van der Waals surface area contributed by atoms with Crippen molar-refractivity contribution in [1.82, 2.24) is 0 Å². The summed E-state index contributed by atoms with van der Waals surface area (Å²) < 4.78 is 14.5. The number of hydrogen-bond acceptors (Lipinski definition) is 2. The molecule has 100 valence electrons. The molecule has 2 nitrogen and oxygen atoms in total. The summed E-state index contributed by atoms with van der Waals surface area (Å²) in [4.78, 5) is 12.3. The fourth-order valence-electron chi connectivity index (χ4n) is 1.88. The normalized spacial score (nSPS) is 12.3. The molecule has 1 unspecified atom stereocenters. The first-order valence-electron chi connectivity index (χ1n) is 5.75. The van der Waals surface area contributed by atoms with Gasteiger partial charge >= 0.3 is 5.97 Å². The van der Waals surface area contributed by atoms with E-state index in [4.69, 9.17) is 0 Å². The molecule has 0 spiro atoms. The van der Waals surface area contributed by atoms with Gasteiger partial charge in [-0.3, -0.25) is 4.79 Å². The lowest BCUT2D eigenvalue weighted by molar-refractivity contribution is -0.141. The standard InChI is InChI=1S/C14H12BrFO2S/c15-11-7-12(19-8-11)6-10(14(17)18)5-9-3-1-2-4-13(9)16/h1-4,7-8,10H,5-6H2,(H,17,18). The van der Waals surface area contributed by atoms with Crippen LogP contribution < -0.4 is 0 Å². The summed E-state index contributed by atoms with van der Waals surface area (Å²) in [5, 5.41) is 11.2. The highest BCUT2D eigenvalue weighted by atomic mass is 79.9. The first kappa shape index (κ1) is 14.2. The molecular weight excluding hydrogens is 331 g/mol. The maximum Gasteiger partial charge on any atom is 0.307 e. The summed E-state index contributed by atoms with van der Waals surface area (Å²) >= 11 is 4.85. The third-order valence-electron chi connectivity index (χ3n) is 2.84. The minimum absolute atomic E-state index is 0.206. The van der Waals surface area contributed by atoms with Gasteiger partial charge in [0.15, 0.2) is 0 Å². The van der Waals surface area contributed by atoms with E-state index in [9.17, 15) is 14.3 Å².